The molecular formula is C14H28O3. The van der Waals surface area contributed by atoms with E-state index in [1.165, 1.54) is 51.4 Å². The van der Waals surface area contributed by atoms with Crippen LogP contribution in [0.15, 0.2) is 0 Å². The molecule has 1 saturated heterocycles. The van der Waals surface area contributed by atoms with Gasteiger partial charge in [-0.2, -0.15) is 0 Å². The first-order chi connectivity index (χ1) is 8.43. The van der Waals surface area contributed by atoms with E-state index in [4.69, 9.17) is 14.6 Å². The van der Waals surface area contributed by atoms with Crippen LogP contribution in [-0.2, 0) is 9.47 Å². The zero-order chi connectivity index (χ0) is 12.2. The second-order valence-corrected chi connectivity index (χ2v) is 4.87. The third-order valence-corrected chi connectivity index (χ3v) is 3.29. The molecule has 3 nitrogen and oxygen atoms in total. The highest BCUT2D eigenvalue weighted by atomic mass is 16.7. The van der Waals surface area contributed by atoms with Gasteiger partial charge in [0.1, 0.15) is 0 Å². The minimum atomic E-state index is 0.0912. The smallest absolute Gasteiger partial charge is 0.157 e. The number of ether oxygens (including phenoxy) is 2. The third kappa shape index (κ3) is 8.58. The Balaban J connectivity index is 1.69. The number of hydrogen-bond acceptors (Lipinski definition) is 3. The molecule has 1 heterocycles. The fourth-order valence-electron chi connectivity index (χ4n) is 2.23. The molecule has 102 valence electrons. The van der Waals surface area contributed by atoms with Crippen LogP contribution in [0.25, 0.3) is 0 Å². The van der Waals surface area contributed by atoms with Gasteiger partial charge in [0.05, 0.1) is 13.2 Å². The van der Waals surface area contributed by atoms with E-state index in [-0.39, 0.29) is 6.29 Å². The summed E-state index contributed by atoms with van der Waals surface area (Å²) in [5.74, 6) is 0. The zero-order valence-corrected chi connectivity index (χ0v) is 11.0. The monoisotopic (exact) mass is 244 g/mol. The summed E-state index contributed by atoms with van der Waals surface area (Å²) in [6, 6.07) is 0. The first-order valence-corrected chi connectivity index (χ1v) is 7.27. The van der Waals surface area contributed by atoms with E-state index in [0.29, 0.717) is 6.61 Å². The summed E-state index contributed by atoms with van der Waals surface area (Å²) < 4.78 is 10.8. The number of unbranched alkanes of at least 4 members (excludes halogenated alkanes) is 8. The van der Waals surface area contributed by atoms with E-state index in [9.17, 15) is 0 Å². The molecule has 0 bridgehead atoms. The first kappa shape index (κ1) is 14.9. The first-order valence-electron chi connectivity index (χ1n) is 7.27. The van der Waals surface area contributed by atoms with Gasteiger partial charge < -0.3 is 14.6 Å². The maximum absolute atomic E-state index is 8.64. The van der Waals surface area contributed by atoms with Crippen molar-refractivity contribution in [1.29, 1.82) is 0 Å². The Hall–Kier alpha value is -0.120. The molecule has 0 unspecified atom stereocenters. The van der Waals surface area contributed by atoms with Crippen LogP contribution in [0.5, 0.6) is 0 Å². The van der Waals surface area contributed by atoms with Gasteiger partial charge in [-0.1, -0.05) is 44.9 Å². The quantitative estimate of drug-likeness (QED) is 0.567. The molecule has 1 N–H and O–H groups in total. The van der Waals surface area contributed by atoms with Gasteiger partial charge in [0.15, 0.2) is 6.29 Å². The lowest BCUT2D eigenvalue weighted by Gasteiger charge is -2.08. The van der Waals surface area contributed by atoms with Gasteiger partial charge in [0.2, 0.25) is 0 Å². The summed E-state index contributed by atoms with van der Waals surface area (Å²) in [5, 5.41) is 8.64. The zero-order valence-electron chi connectivity index (χ0n) is 11.0. The highest BCUT2D eigenvalue weighted by Crippen LogP contribution is 2.14. The molecule has 0 aromatic heterocycles. The van der Waals surface area contributed by atoms with E-state index < -0.39 is 0 Å². The second kappa shape index (κ2) is 11.0. The Kier molecular flexibility index (Phi) is 9.66. The summed E-state index contributed by atoms with van der Waals surface area (Å²) in [6.45, 7) is 1.91. The molecule has 0 radical (unpaired) electrons. The fourth-order valence-corrected chi connectivity index (χ4v) is 2.23. The van der Waals surface area contributed by atoms with Gasteiger partial charge in [-0.25, -0.2) is 0 Å². The lowest BCUT2D eigenvalue weighted by Crippen LogP contribution is -2.06. The minimum Gasteiger partial charge on any atom is -0.396 e. The maximum Gasteiger partial charge on any atom is 0.157 e. The number of hydrogen-bond donors (Lipinski definition) is 1. The molecule has 1 aliphatic heterocycles. The molecule has 0 atom stereocenters. The molecule has 0 aromatic carbocycles. The molecule has 0 amide bonds. The molecule has 1 rings (SSSR count). The van der Waals surface area contributed by atoms with E-state index in [1.807, 2.05) is 0 Å². The number of aliphatic hydroxyl groups excluding tert-OH is 1. The summed E-state index contributed by atoms with van der Waals surface area (Å²) in [5.41, 5.74) is 0. The van der Waals surface area contributed by atoms with Gasteiger partial charge in [-0.3, -0.25) is 0 Å². The van der Waals surface area contributed by atoms with E-state index >= 15 is 0 Å². The lowest BCUT2D eigenvalue weighted by atomic mass is 10.1. The van der Waals surface area contributed by atoms with Crippen LogP contribution >= 0.6 is 0 Å². The van der Waals surface area contributed by atoms with Crippen molar-refractivity contribution < 1.29 is 14.6 Å². The standard InChI is InChI=1S/C14H28O3/c15-11-9-7-5-3-1-2-4-6-8-10-14-16-12-13-17-14/h14-15H,1-13H2. The molecule has 0 aliphatic carbocycles. The normalized spacial score (nSPS) is 16.8. The Bertz CT molecular complexity index is 156. The maximum atomic E-state index is 8.64. The van der Waals surface area contributed by atoms with Crippen LogP contribution in [0.1, 0.15) is 64.2 Å². The van der Waals surface area contributed by atoms with Crippen LogP contribution in [0, 0.1) is 0 Å². The van der Waals surface area contributed by atoms with Crippen LogP contribution in [0.2, 0.25) is 0 Å². The molecule has 3 heteroatoms. The van der Waals surface area contributed by atoms with Crippen LogP contribution in [-0.4, -0.2) is 31.2 Å². The molecule has 0 spiro atoms. The Morgan fingerprint density at radius 3 is 1.71 bits per heavy atom. The van der Waals surface area contributed by atoms with Crippen LogP contribution in [0.3, 0.4) is 0 Å². The highest BCUT2D eigenvalue weighted by molar-refractivity contribution is 4.53. The molecule has 17 heavy (non-hydrogen) atoms. The van der Waals surface area contributed by atoms with Crippen molar-refractivity contribution in [3.05, 3.63) is 0 Å². The summed E-state index contributed by atoms with van der Waals surface area (Å²) in [7, 11) is 0. The van der Waals surface area contributed by atoms with Crippen molar-refractivity contribution in [3.8, 4) is 0 Å². The van der Waals surface area contributed by atoms with Gasteiger partial charge in [-0.05, 0) is 19.3 Å². The number of aliphatic hydroxyl groups is 1. The fraction of sp³-hybridized carbons (Fsp3) is 1.00. The Labute approximate surface area is 105 Å². The van der Waals surface area contributed by atoms with Crippen molar-refractivity contribution in [2.24, 2.45) is 0 Å². The van der Waals surface area contributed by atoms with Crippen molar-refractivity contribution >= 4 is 0 Å². The highest BCUT2D eigenvalue weighted by Gasteiger charge is 2.14. The van der Waals surface area contributed by atoms with E-state index in [0.717, 1.165) is 26.1 Å². The Morgan fingerprint density at radius 2 is 1.18 bits per heavy atom. The van der Waals surface area contributed by atoms with Crippen molar-refractivity contribution in [2.75, 3.05) is 19.8 Å². The molecule has 0 saturated carbocycles. The van der Waals surface area contributed by atoms with E-state index in [2.05, 4.69) is 0 Å². The van der Waals surface area contributed by atoms with Gasteiger partial charge >= 0.3 is 0 Å². The van der Waals surface area contributed by atoms with Gasteiger partial charge in [0, 0.05) is 6.61 Å². The lowest BCUT2D eigenvalue weighted by molar-refractivity contribution is -0.0480. The SMILES string of the molecule is OCCCCCCCCCCCC1OCCO1. The van der Waals surface area contributed by atoms with Gasteiger partial charge in [0.25, 0.3) is 0 Å². The van der Waals surface area contributed by atoms with Crippen molar-refractivity contribution in [3.63, 3.8) is 0 Å². The Morgan fingerprint density at radius 1 is 0.706 bits per heavy atom. The van der Waals surface area contributed by atoms with Crippen molar-refractivity contribution in [1.82, 2.24) is 0 Å². The summed E-state index contributed by atoms with van der Waals surface area (Å²) in [4.78, 5) is 0. The minimum absolute atomic E-state index is 0.0912. The van der Waals surface area contributed by atoms with E-state index in [1.54, 1.807) is 0 Å². The average Bonchev–Trinajstić information content (AvgIpc) is 2.85. The molecular weight excluding hydrogens is 216 g/mol. The number of rotatable bonds is 11. The largest absolute Gasteiger partial charge is 0.396 e. The summed E-state index contributed by atoms with van der Waals surface area (Å²) in [6.07, 6.45) is 12.5. The van der Waals surface area contributed by atoms with Crippen LogP contribution < -0.4 is 0 Å². The van der Waals surface area contributed by atoms with Gasteiger partial charge in [-0.15, -0.1) is 0 Å². The third-order valence-electron chi connectivity index (χ3n) is 3.29. The molecule has 1 fully saturated rings. The van der Waals surface area contributed by atoms with Crippen LogP contribution in [0.4, 0.5) is 0 Å². The topological polar surface area (TPSA) is 38.7 Å². The summed E-state index contributed by atoms with van der Waals surface area (Å²) >= 11 is 0. The predicted molar refractivity (Wildman–Crippen MR) is 68.9 cm³/mol. The van der Waals surface area contributed by atoms with Crippen molar-refractivity contribution in [2.45, 2.75) is 70.5 Å². The molecule has 1 aliphatic rings. The average molecular weight is 244 g/mol. The molecule has 0 aromatic rings. The second-order valence-electron chi connectivity index (χ2n) is 4.87. The predicted octanol–water partition coefficient (Wildman–Crippen LogP) is 3.25.